The zero-order chi connectivity index (χ0) is 11.1. The van der Waals surface area contributed by atoms with E-state index in [-0.39, 0.29) is 5.91 Å². The molecule has 0 aromatic heterocycles. The Morgan fingerprint density at radius 1 is 1.47 bits per heavy atom. The molecule has 0 radical (unpaired) electrons. The van der Waals surface area contributed by atoms with Gasteiger partial charge in [0.15, 0.2) is 0 Å². The van der Waals surface area contributed by atoms with Gasteiger partial charge in [-0.05, 0) is 25.6 Å². The molecule has 0 bridgehead atoms. The van der Waals surface area contributed by atoms with Gasteiger partial charge >= 0.3 is 0 Å². The van der Waals surface area contributed by atoms with E-state index in [1.807, 2.05) is 11.8 Å². The first-order valence-corrected chi connectivity index (χ1v) is 7.09. The Hall–Kier alpha value is -0.220. The summed E-state index contributed by atoms with van der Waals surface area (Å²) in [7, 11) is 0. The molecule has 0 heterocycles. The van der Waals surface area contributed by atoms with Gasteiger partial charge < -0.3 is 10.6 Å². The predicted octanol–water partition coefficient (Wildman–Crippen LogP) is 1.39. The number of hydrogen-bond donors (Lipinski definition) is 2. The number of nitrogens with one attached hydrogen (secondary N) is 2. The minimum absolute atomic E-state index is 0.196. The van der Waals surface area contributed by atoms with Crippen molar-refractivity contribution in [2.45, 2.75) is 43.9 Å². The molecule has 0 aromatic rings. The van der Waals surface area contributed by atoms with Crippen LogP contribution in [0.2, 0.25) is 0 Å². The van der Waals surface area contributed by atoms with E-state index in [1.54, 1.807) is 0 Å². The molecule has 1 fully saturated rings. The number of carbonyl (C=O) groups excluding carboxylic acids is 1. The van der Waals surface area contributed by atoms with E-state index in [9.17, 15) is 4.79 Å². The number of rotatable bonds is 6. The molecule has 4 heteroatoms. The molecule has 1 aliphatic rings. The van der Waals surface area contributed by atoms with Crippen LogP contribution in [-0.2, 0) is 4.79 Å². The molecule has 0 spiro atoms. The topological polar surface area (TPSA) is 41.1 Å². The third kappa shape index (κ3) is 4.43. The maximum absolute atomic E-state index is 11.6. The van der Waals surface area contributed by atoms with Crippen LogP contribution < -0.4 is 10.6 Å². The molecule has 0 aromatic carbocycles. The van der Waals surface area contributed by atoms with E-state index in [0.29, 0.717) is 17.7 Å². The van der Waals surface area contributed by atoms with E-state index in [1.165, 1.54) is 12.8 Å². The van der Waals surface area contributed by atoms with Gasteiger partial charge in [-0.2, -0.15) is 11.8 Å². The SMILES string of the molecule is CCNCCC(=O)NC1CCCC1SC. The highest BCUT2D eigenvalue weighted by Crippen LogP contribution is 2.28. The highest BCUT2D eigenvalue weighted by atomic mass is 32.2. The number of hydrogen-bond acceptors (Lipinski definition) is 3. The van der Waals surface area contributed by atoms with Gasteiger partial charge in [0.2, 0.25) is 5.91 Å². The number of thioether (sulfide) groups is 1. The maximum Gasteiger partial charge on any atom is 0.221 e. The minimum Gasteiger partial charge on any atom is -0.352 e. The quantitative estimate of drug-likeness (QED) is 0.678. The highest BCUT2D eigenvalue weighted by molar-refractivity contribution is 7.99. The minimum atomic E-state index is 0.196. The van der Waals surface area contributed by atoms with Gasteiger partial charge in [0.1, 0.15) is 0 Å². The van der Waals surface area contributed by atoms with Crippen LogP contribution in [0.4, 0.5) is 0 Å². The molecule has 1 aliphatic carbocycles. The van der Waals surface area contributed by atoms with Crippen LogP contribution in [0.5, 0.6) is 0 Å². The fraction of sp³-hybridized carbons (Fsp3) is 0.909. The molecule has 0 saturated heterocycles. The van der Waals surface area contributed by atoms with Crippen LogP contribution in [0.15, 0.2) is 0 Å². The van der Waals surface area contributed by atoms with Gasteiger partial charge in [-0.25, -0.2) is 0 Å². The standard InChI is InChI=1S/C11H22N2OS/c1-3-12-8-7-11(14)13-9-5-4-6-10(9)15-2/h9-10,12H,3-8H2,1-2H3,(H,13,14). The second kappa shape index (κ2) is 7.12. The van der Waals surface area contributed by atoms with Gasteiger partial charge in [-0.3, -0.25) is 4.79 Å². The molecule has 1 saturated carbocycles. The third-order valence-electron chi connectivity index (χ3n) is 2.88. The lowest BCUT2D eigenvalue weighted by atomic mass is 10.2. The summed E-state index contributed by atoms with van der Waals surface area (Å²) in [6.45, 7) is 3.78. The fourth-order valence-electron chi connectivity index (χ4n) is 2.03. The first-order valence-electron chi connectivity index (χ1n) is 5.80. The second-order valence-corrected chi connectivity index (χ2v) is 5.06. The van der Waals surface area contributed by atoms with E-state index in [0.717, 1.165) is 19.5 Å². The van der Waals surface area contributed by atoms with Crippen LogP contribution in [0.1, 0.15) is 32.6 Å². The van der Waals surface area contributed by atoms with Crippen molar-refractivity contribution in [2.24, 2.45) is 0 Å². The van der Waals surface area contributed by atoms with Gasteiger partial charge in [0, 0.05) is 24.3 Å². The number of carbonyl (C=O) groups is 1. The molecule has 1 rings (SSSR count). The first-order chi connectivity index (χ1) is 7.27. The summed E-state index contributed by atoms with van der Waals surface area (Å²) < 4.78 is 0. The zero-order valence-corrected chi connectivity index (χ0v) is 10.5. The van der Waals surface area contributed by atoms with E-state index in [2.05, 4.69) is 23.8 Å². The van der Waals surface area contributed by atoms with Crippen molar-refractivity contribution in [1.82, 2.24) is 10.6 Å². The van der Waals surface area contributed by atoms with Gasteiger partial charge in [-0.1, -0.05) is 13.3 Å². The summed E-state index contributed by atoms with van der Waals surface area (Å²) in [5.41, 5.74) is 0. The molecule has 2 atom stereocenters. The van der Waals surface area contributed by atoms with Crippen molar-refractivity contribution in [2.75, 3.05) is 19.3 Å². The Balaban J connectivity index is 2.19. The Morgan fingerprint density at radius 2 is 2.27 bits per heavy atom. The van der Waals surface area contributed by atoms with E-state index < -0.39 is 0 Å². The molecule has 3 nitrogen and oxygen atoms in total. The lowest BCUT2D eigenvalue weighted by molar-refractivity contribution is -0.121. The van der Waals surface area contributed by atoms with E-state index in [4.69, 9.17) is 0 Å². The highest BCUT2D eigenvalue weighted by Gasteiger charge is 2.27. The largest absolute Gasteiger partial charge is 0.352 e. The van der Waals surface area contributed by atoms with Crippen molar-refractivity contribution in [3.05, 3.63) is 0 Å². The van der Waals surface area contributed by atoms with Gasteiger partial charge in [0.25, 0.3) is 0 Å². The summed E-state index contributed by atoms with van der Waals surface area (Å²) in [5.74, 6) is 0.196. The summed E-state index contributed by atoms with van der Waals surface area (Å²) in [6, 6.07) is 0.411. The molecular weight excluding hydrogens is 208 g/mol. The van der Waals surface area contributed by atoms with Crippen LogP contribution in [-0.4, -0.2) is 36.5 Å². The summed E-state index contributed by atoms with van der Waals surface area (Å²) in [5, 5.41) is 6.93. The van der Waals surface area contributed by atoms with Crippen molar-refractivity contribution in [3.8, 4) is 0 Å². The lowest BCUT2D eigenvalue weighted by Gasteiger charge is -2.19. The average molecular weight is 230 g/mol. The van der Waals surface area contributed by atoms with Crippen LogP contribution in [0, 0.1) is 0 Å². The molecule has 15 heavy (non-hydrogen) atoms. The normalized spacial score (nSPS) is 25.5. The zero-order valence-electron chi connectivity index (χ0n) is 9.71. The molecule has 88 valence electrons. The van der Waals surface area contributed by atoms with Crippen molar-refractivity contribution < 1.29 is 4.79 Å². The average Bonchev–Trinajstić information content (AvgIpc) is 2.65. The summed E-state index contributed by atoms with van der Waals surface area (Å²) >= 11 is 1.88. The maximum atomic E-state index is 11.6. The molecule has 1 amide bonds. The van der Waals surface area contributed by atoms with Gasteiger partial charge in [-0.15, -0.1) is 0 Å². The van der Waals surface area contributed by atoms with Gasteiger partial charge in [0.05, 0.1) is 0 Å². The van der Waals surface area contributed by atoms with E-state index >= 15 is 0 Å². The van der Waals surface area contributed by atoms with Crippen molar-refractivity contribution >= 4 is 17.7 Å². The summed E-state index contributed by atoms with van der Waals surface area (Å²) in [6.07, 6.45) is 6.39. The lowest BCUT2D eigenvalue weighted by Crippen LogP contribution is -2.39. The predicted molar refractivity (Wildman–Crippen MR) is 66.2 cm³/mol. The smallest absolute Gasteiger partial charge is 0.221 e. The van der Waals surface area contributed by atoms with Crippen molar-refractivity contribution in [3.63, 3.8) is 0 Å². The third-order valence-corrected chi connectivity index (χ3v) is 4.05. The summed E-state index contributed by atoms with van der Waals surface area (Å²) in [4.78, 5) is 11.6. The molecule has 2 N–H and O–H groups in total. The Bertz CT molecular complexity index is 199. The first kappa shape index (κ1) is 12.8. The second-order valence-electron chi connectivity index (χ2n) is 3.98. The Kier molecular flexibility index (Phi) is 6.10. The fourth-order valence-corrected chi connectivity index (χ4v) is 2.97. The Labute approximate surface area is 96.8 Å². The van der Waals surface area contributed by atoms with Crippen LogP contribution >= 0.6 is 11.8 Å². The molecule has 0 aliphatic heterocycles. The van der Waals surface area contributed by atoms with Crippen LogP contribution in [0.3, 0.4) is 0 Å². The number of amides is 1. The monoisotopic (exact) mass is 230 g/mol. The van der Waals surface area contributed by atoms with Crippen molar-refractivity contribution in [1.29, 1.82) is 0 Å². The van der Waals surface area contributed by atoms with Crippen LogP contribution in [0.25, 0.3) is 0 Å². The molecular formula is C11H22N2OS. The molecule has 2 unspecified atom stereocenters. The Morgan fingerprint density at radius 3 is 2.93 bits per heavy atom.